The van der Waals surface area contributed by atoms with Crippen molar-refractivity contribution in [3.63, 3.8) is 0 Å². The minimum Gasteiger partial charge on any atom is -0.497 e. The van der Waals surface area contributed by atoms with E-state index in [1.807, 2.05) is 12.1 Å². The van der Waals surface area contributed by atoms with Crippen LogP contribution in [0.3, 0.4) is 0 Å². The van der Waals surface area contributed by atoms with E-state index >= 15 is 0 Å². The lowest BCUT2D eigenvalue weighted by Crippen LogP contribution is -2.28. The minimum atomic E-state index is 0.622. The summed E-state index contributed by atoms with van der Waals surface area (Å²) in [6.07, 6.45) is 2.39. The number of hydrogen-bond donors (Lipinski definition) is 1. The SMILES string of the molecule is C=C(c1ccc(Sc2ccc(OC)cc2)cc1)C1CCNCC1. The van der Waals surface area contributed by atoms with Crippen molar-refractivity contribution in [3.8, 4) is 5.75 Å². The normalized spacial score (nSPS) is 15.3. The van der Waals surface area contributed by atoms with Gasteiger partial charge in [-0.2, -0.15) is 0 Å². The van der Waals surface area contributed by atoms with Crippen molar-refractivity contribution in [3.05, 3.63) is 60.7 Å². The van der Waals surface area contributed by atoms with E-state index in [0.29, 0.717) is 5.92 Å². The fraction of sp³-hybridized carbons (Fsp3) is 0.300. The first-order valence-corrected chi connectivity index (χ1v) is 8.90. The first-order chi connectivity index (χ1) is 11.3. The molecule has 1 aliphatic rings. The quantitative estimate of drug-likeness (QED) is 0.848. The van der Waals surface area contributed by atoms with Crippen molar-refractivity contribution in [1.82, 2.24) is 5.32 Å². The van der Waals surface area contributed by atoms with Crippen molar-refractivity contribution in [2.24, 2.45) is 5.92 Å². The van der Waals surface area contributed by atoms with Gasteiger partial charge in [0.1, 0.15) is 5.75 Å². The zero-order chi connectivity index (χ0) is 16.1. The van der Waals surface area contributed by atoms with E-state index in [-0.39, 0.29) is 0 Å². The minimum absolute atomic E-state index is 0.622. The van der Waals surface area contributed by atoms with Crippen LogP contribution in [0.4, 0.5) is 0 Å². The highest BCUT2D eigenvalue weighted by molar-refractivity contribution is 7.99. The summed E-state index contributed by atoms with van der Waals surface area (Å²) >= 11 is 1.77. The molecule has 0 amide bonds. The van der Waals surface area contributed by atoms with Crippen LogP contribution < -0.4 is 10.1 Å². The van der Waals surface area contributed by atoms with Crippen molar-refractivity contribution in [2.45, 2.75) is 22.6 Å². The Balaban J connectivity index is 1.65. The Hall–Kier alpha value is -1.71. The molecule has 0 saturated carbocycles. The maximum atomic E-state index is 5.20. The van der Waals surface area contributed by atoms with Gasteiger partial charge in [-0.05, 0) is 79.4 Å². The van der Waals surface area contributed by atoms with Crippen molar-refractivity contribution >= 4 is 17.3 Å². The van der Waals surface area contributed by atoms with Gasteiger partial charge in [0, 0.05) is 9.79 Å². The Bertz CT molecular complexity index is 642. The van der Waals surface area contributed by atoms with Crippen LogP contribution in [0.1, 0.15) is 18.4 Å². The summed E-state index contributed by atoms with van der Waals surface area (Å²) in [7, 11) is 1.69. The molecule has 3 rings (SSSR count). The van der Waals surface area contributed by atoms with Crippen molar-refractivity contribution in [2.75, 3.05) is 20.2 Å². The van der Waals surface area contributed by atoms with Crippen LogP contribution in [0.15, 0.2) is 64.9 Å². The third kappa shape index (κ3) is 4.18. The number of methoxy groups -OCH3 is 1. The van der Waals surface area contributed by atoms with Crippen molar-refractivity contribution < 1.29 is 4.74 Å². The molecule has 120 valence electrons. The monoisotopic (exact) mass is 325 g/mol. The highest BCUT2D eigenvalue weighted by Crippen LogP contribution is 2.32. The van der Waals surface area contributed by atoms with Crippen LogP contribution in [0.5, 0.6) is 5.75 Å². The van der Waals surface area contributed by atoms with Crippen LogP contribution >= 0.6 is 11.8 Å². The van der Waals surface area contributed by atoms with E-state index in [0.717, 1.165) is 18.8 Å². The molecule has 1 fully saturated rings. The number of benzene rings is 2. The third-order valence-corrected chi connectivity index (χ3v) is 5.37. The number of allylic oxidation sites excluding steroid dienone is 1. The second-order valence-corrected chi connectivity index (χ2v) is 7.00. The van der Waals surface area contributed by atoms with E-state index in [2.05, 4.69) is 48.3 Å². The van der Waals surface area contributed by atoms with Gasteiger partial charge in [-0.25, -0.2) is 0 Å². The Morgan fingerprint density at radius 1 is 1.00 bits per heavy atom. The van der Waals surface area contributed by atoms with E-state index in [1.165, 1.54) is 33.8 Å². The smallest absolute Gasteiger partial charge is 0.118 e. The second-order valence-electron chi connectivity index (χ2n) is 5.85. The van der Waals surface area contributed by atoms with Gasteiger partial charge in [0.25, 0.3) is 0 Å². The summed E-state index contributed by atoms with van der Waals surface area (Å²) in [5, 5.41) is 3.41. The molecule has 0 spiro atoms. The molecular weight excluding hydrogens is 302 g/mol. The summed E-state index contributed by atoms with van der Waals surface area (Å²) in [5.74, 6) is 1.51. The lowest BCUT2D eigenvalue weighted by molar-refractivity contribution is 0.414. The fourth-order valence-corrected chi connectivity index (χ4v) is 3.74. The molecule has 0 aliphatic carbocycles. The molecule has 23 heavy (non-hydrogen) atoms. The molecule has 1 saturated heterocycles. The van der Waals surface area contributed by atoms with Gasteiger partial charge in [0.2, 0.25) is 0 Å². The van der Waals surface area contributed by atoms with Gasteiger partial charge in [-0.3, -0.25) is 0 Å². The average Bonchev–Trinajstić information content (AvgIpc) is 2.63. The van der Waals surface area contributed by atoms with Gasteiger partial charge < -0.3 is 10.1 Å². The topological polar surface area (TPSA) is 21.3 Å². The summed E-state index contributed by atoms with van der Waals surface area (Å²) in [5.41, 5.74) is 2.56. The molecule has 1 heterocycles. The number of hydrogen-bond acceptors (Lipinski definition) is 3. The molecule has 0 bridgehead atoms. The van der Waals surface area contributed by atoms with Gasteiger partial charge in [-0.15, -0.1) is 0 Å². The van der Waals surface area contributed by atoms with Crippen molar-refractivity contribution in [1.29, 1.82) is 0 Å². The highest BCUT2D eigenvalue weighted by Gasteiger charge is 2.17. The van der Waals surface area contributed by atoms with Gasteiger partial charge in [-0.1, -0.05) is 30.5 Å². The molecule has 2 aromatic carbocycles. The number of rotatable bonds is 5. The van der Waals surface area contributed by atoms with Crippen LogP contribution in [-0.4, -0.2) is 20.2 Å². The molecule has 2 aromatic rings. The van der Waals surface area contributed by atoms with Gasteiger partial charge >= 0.3 is 0 Å². The van der Waals surface area contributed by atoms with E-state index in [9.17, 15) is 0 Å². The summed E-state index contributed by atoms with van der Waals surface area (Å²) < 4.78 is 5.20. The lowest BCUT2D eigenvalue weighted by atomic mass is 9.87. The Labute approximate surface area is 142 Å². The fourth-order valence-electron chi connectivity index (χ4n) is 2.92. The van der Waals surface area contributed by atoms with E-state index in [4.69, 9.17) is 4.74 Å². The first-order valence-electron chi connectivity index (χ1n) is 8.08. The molecule has 1 N–H and O–H groups in total. The largest absolute Gasteiger partial charge is 0.497 e. The Kier molecular flexibility index (Phi) is 5.42. The first kappa shape index (κ1) is 16.2. The standard InChI is InChI=1S/C20H23NOS/c1-15(17-11-13-21-14-12-17)16-3-7-19(8-4-16)23-20-9-5-18(22-2)6-10-20/h3-10,17,21H,1,11-14H2,2H3. The maximum absolute atomic E-state index is 5.20. The lowest BCUT2D eigenvalue weighted by Gasteiger charge is -2.24. The molecule has 0 atom stereocenters. The second kappa shape index (κ2) is 7.71. The predicted octanol–water partition coefficient (Wildman–Crippen LogP) is 4.86. The molecule has 2 nitrogen and oxygen atoms in total. The molecule has 3 heteroatoms. The van der Waals surface area contributed by atoms with Crippen LogP contribution in [0.2, 0.25) is 0 Å². The highest BCUT2D eigenvalue weighted by atomic mass is 32.2. The van der Waals surface area contributed by atoms with E-state index < -0.39 is 0 Å². The molecule has 0 aromatic heterocycles. The Morgan fingerprint density at radius 3 is 2.13 bits per heavy atom. The summed E-state index contributed by atoms with van der Waals surface area (Å²) in [4.78, 5) is 2.47. The summed E-state index contributed by atoms with van der Waals surface area (Å²) in [6.45, 7) is 6.55. The third-order valence-electron chi connectivity index (χ3n) is 4.35. The number of piperidine rings is 1. The number of nitrogens with one attached hydrogen (secondary N) is 1. The molecule has 0 unspecified atom stereocenters. The van der Waals surface area contributed by atoms with Crippen LogP contribution in [0, 0.1) is 5.92 Å². The van der Waals surface area contributed by atoms with Crippen LogP contribution in [0.25, 0.3) is 5.57 Å². The van der Waals surface area contributed by atoms with E-state index in [1.54, 1.807) is 18.9 Å². The predicted molar refractivity (Wildman–Crippen MR) is 98.2 cm³/mol. The van der Waals surface area contributed by atoms with Crippen LogP contribution in [-0.2, 0) is 0 Å². The van der Waals surface area contributed by atoms with Gasteiger partial charge in [0.05, 0.1) is 7.11 Å². The zero-order valence-electron chi connectivity index (χ0n) is 13.5. The number of ether oxygens (including phenoxy) is 1. The average molecular weight is 325 g/mol. The molecule has 1 aliphatic heterocycles. The van der Waals surface area contributed by atoms with Gasteiger partial charge in [0.15, 0.2) is 0 Å². The Morgan fingerprint density at radius 2 is 1.57 bits per heavy atom. The molecule has 0 radical (unpaired) electrons. The zero-order valence-corrected chi connectivity index (χ0v) is 14.4. The summed E-state index contributed by atoms with van der Waals surface area (Å²) in [6, 6.07) is 17.0. The molecular formula is C20H23NOS. The maximum Gasteiger partial charge on any atom is 0.118 e.